The van der Waals surface area contributed by atoms with Crippen LogP contribution in [0.1, 0.15) is 32.4 Å². The number of rotatable bonds is 6. The predicted octanol–water partition coefficient (Wildman–Crippen LogP) is 2.87. The molecule has 1 aromatic rings. The first kappa shape index (κ1) is 16.8. The van der Waals surface area contributed by atoms with E-state index in [4.69, 9.17) is 16.3 Å². The van der Waals surface area contributed by atoms with Crippen LogP contribution in [0.15, 0.2) is 18.2 Å². The van der Waals surface area contributed by atoms with Crippen LogP contribution in [-0.2, 0) is 4.79 Å². The van der Waals surface area contributed by atoms with E-state index in [1.165, 1.54) is 4.90 Å². The maximum atomic E-state index is 11.8. The number of nitrogens with zero attached hydrogens (tertiary/aromatic N) is 1. The summed E-state index contributed by atoms with van der Waals surface area (Å²) in [6.45, 7) is 6.75. The van der Waals surface area contributed by atoms with Gasteiger partial charge in [0.25, 0.3) is 5.91 Å². The predicted molar refractivity (Wildman–Crippen MR) is 82.3 cm³/mol. The number of hydrogen-bond donors (Lipinski definition) is 1. The number of nitrogens with one attached hydrogen (secondary N) is 1. The minimum absolute atomic E-state index is 0.0915. The number of halogens is 1. The summed E-state index contributed by atoms with van der Waals surface area (Å²) >= 11 is 6.22. The van der Waals surface area contributed by atoms with Gasteiger partial charge in [-0.3, -0.25) is 4.79 Å². The standard InChI is InChI=1S/C15H23ClN2O2/c1-6-17-10(2)12-7-8-14(13(16)9-12)20-11(3)15(19)18(4)5/h7-11,17H,6H2,1-5H3. The molecule has 0 heterocycles. The summed E-state index contributed by atoms with van der Waals surface area (Å²) in [5.74, 6) is 0.438. The van der Waals surface area contributed by atoms with Crippen molar-refractivity contribution in [3.05, 3.63) is 28.8 Å². The quantitative estimate of drug-likeness (QED) is 0.878. The molecule has 0 radical (unpaired) electrons. The normalized spacial score (nSPS) is 13.7. The fourth-order valence-electron chi connectivity index (χ4n) is 1.91. The van der Waals surface area contributed by atoms with Crippen molar-refractivity contribution in [1.82, 2.24) is 10.2 Å². The molecule has 1 rings (SSSR count). The SMILES string of the molecule is CCNC(C)c1ccc(OC(C)C(=O)N(C)C)c(Cl)c1. The maximum absolute atomic E-state index is 11.8. The molecule has 0 aliphatic carbocycles. The Hall–Kier alpha value is -1.26. The second-order valence-corrected chi connectivity index (χ2v) is 5.37. The van der Waals surface area contributed by atoms with Gasteiger partial charge in [0.1, 0.15) is 5.75 Å². The molecule has 0 aliphatic heterocycles. The molecule has 0 aromatic heterocycles. The number of benzene rings is 1. The second kappa shape index (κ2) is 7.50. The van der Waals surface area contributed by atoms with Gasteiger partial charge in [-0.1, -0.05) is 24.6 Å². The molecule has 0 saturated heterocycles. The molecule has 1 amide bonds. The Morgan fingerprint density at radius 3 is 2.55 bits per heavy atom. The van der Waals surface area contributed by atoms with Crippen LogP contribution in [0.3, 0.4) is 0 Å². The fraction of sp³-hybridized carbons (Fsp3) is 0.533. The Morgan fingerprint density at radius 2 is 2.05 bits per heavy atom. The minimum atomic E-state index is -0.556. The summed E-state index contributed by atoms with van der Waals surface area (Å²) in [6.07, 6.45) is -0.556. The number of amides is 1. The lowest BCUT2D eigenvalue weighted by Gasteiger charge is -2.20. The van der Waals surface area contributed by atoms with Crippen molar-refractivity contribution < 1.29 is 9.53 Å². The van der Waals surface area contributed by atoms with Gasteiger partial charge >= 0.3 is 0 Å². The van der Waals surface area contributed by atoms with E-state index in [9.17, 15) is 4.79 Å². The third-order valence-electron chi connectivity index (χ3n) is 3.06. The first-order valence-corrected chi connectivity index (χ1v) is 7.15. The third-order valence-corrected chi connectivity index (χ3v) is 3.35. The molecule has 112 valence electrons. The highest BCUT2D eigenvalue weighted by molar-refractivity contribution is 6.32. The van der Waals surface area contributed by atoms with E-state index in [1.54, 1.807) is 21.0 Å². The first-order valence-electron chi connectivity index (χ1n) is 6.77. The highest BCUT2D eigenvalue weighted by Crippen LogP contribution is 2.28. The summed E-state index contributed by atoms with van der Waals surface area (Å²) < 4.78 is 5.62. The van der Waals surface area contributed by atoms with Crippen molar-refractivity contribution in [2.75, 3.05) is 20.6 Å². The van der Waals surface area contributed by atoms with Crippen LogP contribution in [0, 0.1) is 0 Å². The van der Waals surface area contributed by atoms with Crippen LogP contribution in [-0.4, -0.2) is 37.6 Å². The van der Waals surface area contributed by atoms with Crippen molar-refractivity contribution in [3.8, 4) is 5.75 Å². The average Bonchev–Trinajstić information content (AvgIpc) is 2.40. The molecular formula is C15H23ClN2O2. The monoisotopic (exact) mass is 298 g/mol. The molecule has 4 nitrogen and oxygen atoms in total. The number of carbonyl (C=O) groups is 1. The van der Waals surface area contributed by atoms with Gasteiger partial charge in [0.2, 0.25) is 0 Å². The van der Waals surface area contributed by atoms with Crippen molar-refractivity contribution >= 4 is 17.5 Å². The maximum Gasteiger partial charge on any atom is 0.262 e. The molecule has 20 heavy (non-hydrogen) atoms. The summed E-state index contributed by atoms with van der Waals surface area (Å²) in [7, 11) is 3.40. The third kappa shape index (κ3) is 4.39. The highest BCUT2D eigenvalue weighted by Gasteiger charge is 2.18. The number of carbonyl (C=O) groups excluding carboxylic acids is 1. The smallest absolute Gasteiger partial charge is 0.262 e. The second-order valence-electron chi connectivity index (χ2n) is 4.96. The molecule has 0 aliphatic rings. The van der Waals surface area contributed by atoms with Gasteiger partial charge in [-0.15, -0.1) is 0 Å². The molecule has 2 unspecified atom stereocenters. The Morgan fingerprint density at radius 1 is 1.40 bits per heavy atom. The molecular weight excluding hydrogens is 276 g/mol. The van der Waals surface area contributed by atoms with E-state index in [0.29, 0.717) is 10.8 Å². The molecule has 2 atom stereocenters. The van der Waals surface area contributed by atoms with Crippen LogP contribution in [0.4, 0.5) is 0 Å². The molecule has 0 fully saturated rings. The lowest BCUT2D eigenvalue weighted by atomic mass is 10.1. The van der Waals surface area contributed by atoms with Crippen LogP contribution in [0.2, 0.25) is 5.02 Å². The van der Waals surface area contributed by atoms with Crippen LogP contribution >= 0.6 is 11.6 Å². The van der Waals surface area contributed by atoms with Crippen LogP contribution in [0.25, 0.3) is 0 Å². The molecule has 1 N–H and O–H groups in total. The van der Waals surface area contributed by atoms with Crippen LogP contribution < -0.4 is 10.1 Å². The number of likely N-dealkylation sites (N-methyl/N-ethyl adjacent to an activating group) is 1. The van der Waals surface area contributed by atoms with E-state index in [2.05, 4.69) is 19.2 Å². The summed E-state index contributed by atoms with van der Waals surface area (Å²) in [4.78, 5) is 13.3. The zero-order valence-electron chi connectivity index (χ0n) is 12.7. The van der Waals surface area contributed by atoms with E-state index in [0.717, 1.165) is 12.1 Å². The van der Waals surface area contributed by atoms with Crippen molar-refractivity contribution in [1.29, 1.82) is 0 Å². The summed E-state index contributed by atoms with van der Waals surface area (Å²) in [5, 5.41) is 3.84. The Bertz CT molecular complexity index is 463. The minimum Gasteiger partial charge on any atom is -0.479 e. The molecule has 0 saturated carbocycles. The van der Waals surface area contributed by atoms with Gasteiger partial charge in [0.15, 0.2) is 6.10 Å². The molecule has 1 aromatic carbocycles. The van der Waals surface area contributed by atoms with Crippen molar-refractivity contribution in [2.45, 2.75) is 32.9 Å². The lowest BCUT2D eigenvalue weighted by molar-refractivity contribution is -0.135. The number of hydrogen-bond acceptors (Lipinski definition) is 3. The lowest BCUT2D eigenvalue weighted by Crippen LogP contribution is -2.35. The van der Waals surface area contributed by atoms with Gasteiger partial charge < -0.3 is 15.0 Å². The van der Waals surface area contributed by atoms with Gasteiger partial charge in [-0.2, -0.15) is 0 Å². The van der Waals surface area contributed by atoms with Gasteiger partial charge in [0.05, 0.1) is 5.02 Å². The van der Waals surface area contributed by atoms with Crippen molar-refractivity contribution in [3.63, 3.8) is 0 Å². The molecule has 0 spiro atoms. The van der Waals surface area contributed by atoms with E-state index in [-0.39, 0.29) is 11.9 Å². The van der Waals surface area contributed by atoms with Crippen molar-refractivity contribution in [2.24, 2.45) is 0 Å². The van der Waals surface area contributed by atoms with Gasteiger partial charge in [0, 0.05) is 20.1 Å². The fourth-order valence-corrected chi connectivity index (χ4v) is 2.14. The first-order chi connectivity index (χ1) is 9.36. The van der Waals surface area contributed by atoms with Gasteiger partial charge in [-0.25, -0.2) is 0 Å². The average molecular weight is 299 g/mol. The van der Waals surface area contributed by atoms with E-state index in [1.807, 2.05) is 18.2 Å². The van der Waals surface area contributed by atoms with Crippen LogP contribution in [0.5, 0.6) is 5.75 Å². The zero-order valence-corrected chi connectivity index (χ0v) is 13.5. The number of ether oxygens (including phenoxy) is 1. The summed E-state index contributed by atoms with van der Waals surface area (Å²) in [5.41, 5.74) is 1.09. The van der Waals surface area contributed by atoms with E-state index >= 15 is 0 Å². The largest absolute Gasteiger partial charge is 0.479 e. The molecule has 5 heteroatoms. The zero-order chi connectivity index (χ0) is 15.3. The Labute approximate surface area is 126 Å². The topological polar surface area (TPSA) is 41.6 Å². The van der Waals surface area contributed by atoms with Gasteiger partial charge in [-0.05, 0) is 38.1 Å². The van der Waals surface area contributed by atoms with E-state index < -0.39 is 6.10 Å². The Kier molecular flexibility index (Phi) is 6.30. The summed E-state index contributed by atoms with van der Waals surface area (Å²) in [6, 6.07) is 5.87. The Balaban J connectivity index is 2.81. The highest BCUT2D eigenvalue weighted by atomic mass is 35.5. The molecule has 0 bridgehead atoms.